The Labute approximate surface area is 171 Å². The first kappa shape index (κ1) is 19.6. The summed E-state index contributed by atoms with van der Waals surface area (Å²) in [5, 5.41) is 0. The van der Waals surface area contributed by atoms with Gasteiger partial charge in [0, 0.05) is 13.0 Å². The maximum absolute atomic E-state index is 13.4. The zero-order valence-corrected chi connectivity index (χ0v) is 17.1. The van der Waals surface area contributed by atoms with Crippen molar-refractivity contribution in [2.75, 3.05) is 18.0 Å². The number of hydrogen-bond donors (Lipinski definition) is 0. The third kappa shape index (κ3) is 3.88. The lowest BCUT2D eigenvalue weighted by molar-refractivity contribution is -0.135. The van der Waals surface area contributed by atoms with Gasteiger partial charge in [0.2, 0.25) is 5.91 Å². The molecule has 2 aliphatic rings. The van der Waals surface area contributed by atoms with Crippen LogP contribution in [0.1, 0.15) is 57.1 Å². The van der Waals surface area contributed by atoms with Crippen LogP contribution in [-0.4, -0.2) is 35.9 Å². The normalized spacial score (nSPS) is 22.1. The molecular formula is C23H28N2O4. The Hall–Kier alpha value is -2.76. The molecule has 2 aliphatic heterocycles. The molecule has 0 unspecified atom stereocenters. The molecule has 0 saturated carbocycles. The predicted molar refractivity (Wildman–Crippen MR) is 110 cm³/mol. The Kier molecular flexibility index (Phi) is 5.60. The summed E-state index contributed by atoms with van der Waals surface area (Å²) in [6.07, 6.45) is 4.23. The molecule has 0 N–H and O–H groups in total. The third-order valence-corrected chi connectivity index (χ3v) is 5.80. The van der Waals surface area contributed by atoms with E-state index in [9.17, 15) is 9.59 Å². The average Bonchev–Trinajstić information content (AvgIpc) is 3.07. The van der Waals surface area contributed by atoms with E-state index in [1.165, 1.54) is 0 Å². The topological polar surface area (TPSA) is 63.0 Å². The van der Waals surface area contributed by atoms with Gasteiger partial charge in [-0.2, -0.15) is 0 Å². The number of aryl methyl sites for hydroxylation is 1. The molecule has 0 aliphatic carbocycles. The highest BCUT2D eigenvalue weighted by molar-refractivity contribution is 6.03. The Bertz CT molecular complexity index is 891. The van der Waals surface area contributed by atoms with E-state index in [0.717, 1.165) is 43.6 Å². The molecule has 3 heterocycles. The van der Waals surface area contributed by atoms with E-state index in [1.807, 2.05) is 41.3 Å². The number of amides is 2. The van der Waals surface area contributed by atoms with Crippen LogP contribution in [0, 0.1) is 0 Å². The SMILES string of the molecule is CCc1ccc([C@@H]2CCCCCN2C(=O)CN2C(=O)[C@H](C)Oc3ccccc32)o1. The second kappa shape index (κ2) is 8.31. The van der Waals surface area contributed by atoms with Crippen LogP contribution < -0.4 is 9.64 Å². The maximum atomic E-state index is 13.4. The quantitative estimate of drug-likeness (QED) is 0.781. The Balaban J connectivity index is 1.59. The molecule has 2 atom stereocenters. The fourth-order valence-electron chi connectivity index (χ4n) is 4.21. The molecule has 2 amide bonds. The standard InChI is InChI=1S/C23H28N2O4/c1-3-17-12-13-21(29-17)18-9-5-4-8-14-24(18)22(26)15-25-19-10-6-7-11-20(19)28-16(2)23(25)27/h6-7,10-13,16,18H,3-5,8-9,14-15H2,1-2H3/t16-,18-/m0/s1. The first-order valence-electron chi connectivity index (χ1n) is 10.5. The number of rotatable bonds is 4. The summed E-state index contributed by atoms with van der Waals surface area (Å²) in [4.78, 5) is 29.6. The Morgan fingerprint density at radius 1 is 1.14 bits per heavy atom. The molecule has 1 saturated heterocycles. The molecular weight excluding hydrogens is 368 g/mol. The van der Waals surface area contributed by atoms with Gasteiger partial charge in [0.15, 0.2) is 6.10 Å². The molecule has 154 valence electrons. The largest absolute Gasteiger partial charge is 0.479 e. The van der Waals surface area contributed by atoms with Gasteiger partial charge in [-0.25, -0.2) is 0 Å². The fourth-order valence-corrected chi connectivity index (χ4v) is 4.21. The number of ether oxygens (including phenoxy) is 1. The van der Waals surface area contributed by atoms with E-state index in [-0.39, 0.29) is 24.4 Å². The lowest BCUT2D eigenvalue weighted by Crippen LogP contribution is -2.50. The molecule has 1 fully saturated rings. The fraction of sp³-hybridized carbons (Fsp3) is 0.478. The summed E-state index contributed by atoms with van der Waals surface area (Å²) in [7, 11) is 0. The monoisotopic (exact) mass is 396 g/mol. The Morgan fingerprint density at radius 2 is 1.97 bits per heavy atom. The molecule has 0 radical (unpaired) electrons. The van der Waals surface area contributed by atoms with Gasteiger partial charge in [-0.1, -0.05) is 31.9 Å². The number of fused-ring (bicyclic) bond motifs is 1. The molecule has 4 rings (SSSR count). The second-order valence-corrected chi connectivity index (χ2v) is 7.76. The molecule has 6 heteroatoms. The number of hydrogen-bond acceptors (Lipinski definition) is 4. The molecule has 29 heavy (non-hydrogen) atoms. The minimum atomic E-state index is -0.602. The van der Waals surface area contributed by atoms with Crippen molar-refractivity contribution in [3.63, 3.8) is 0 Å². The van der Waals surface area contributed by atoms with Crippen molar-refractivity contribution in [3.8, 4) is 5.75 Å². The van der Waals surface area contributed by atoms with E-state index in [1.54, 1.807) is 11.8 Å². The van der Waals surface area contributed by atoms with E-state index in [2.05, 4.69) is 6.92 Å². The Morgan fingerprint density at radius 3 is 2.76 bits per heavy atom. The number of carbonyl (C=O) groups excluding carboxylic acids is 2. The number of furan rings is 1. The summed E-state index contributed by atoms with van der Waals surface area (Å²) < 4.78 is 11.7. The molecule has 1 aromatic heterocycles. The van der Waals surface area contributed by atoms with E-state index in [4.69, 9.17) is 9.15 Å². The smallest absolute Gasteiger partial charge is 0.268 e. The highest BCUT2D eigenvalue weighted by Gasteiger charge is 2.35. The minimum absolute atomic E-state index is 0.0153. The van der Waals surface area contributed by atoms with Gasteiger partial charge in [-0.15, -0.1) is 0 Å². The van der Waals surface area contributed by atoms with Crippen LogP contribution in [0.2, 0.25) is 0 Å². The molecule has 0 spiro atoms. The van der Waals surface area contributed by atoms with Crippen LogP contribution in [0.5, 0.6) is 5.75 Å². The van der Waals surface area contributed by atoms with E-state index < -0.39 is 6.10 Å². The summed E-state index contributed by atoms with van der Waals surface area (Å²) in [5.41, 5.74) is 0.654. The van der Waals surface area contributed by atoms with E-state index in [0.29, 0.717) is 18.0 Å². The van der Waals surface area contributed by atoms with Crippen molar-refractivity contribution in [2.24, 2.45) is 0 Å². The van der Waals surface area contributed by atoms with Crippen molar-refractivity contribution in [1.82, 2.24) is 4.90 Å². The van der Waals surface area contributed by atoms with E-state index >= 15 is 0 Å². The van der Waals surface area contributed by atoms with Crippen LogP contribution in [0.4, 0.5) is 5.69 Å². The van der Waals surface area contributed by atoms with Crippen LogP contribution in [-0.2, 0) is 16.0 Å². The summed E-state index contributed by atoms with van der Waals surface area (Å²) in [6.45, 7) is 4.48. The van der Waals surface area contributed by atoms with Gasteiger partial charge < -0.3 is 14.1 Å². The first-order chi connectivity index (χ1) is 14.1. The maximum Gasteiger partial charge on any atom is 0.268 e. The molecule has 2 aromatic rings. The summed E-state index contributed by atoms with van der Waals surface area (Å²) >= 11 is 0. The zero-order valence-electron chi connectivity index (χ0n) is 17.1. The summed E-state index contributed by atoms with van der Waals surface area (Å²) in [6, 6.07) is 11.3. The third-order valence-electron chi connectivity index (χ3n) is 5.80. The van der Waals surface area contributed by atoms with Crippen LogP contribution in [0.25, 0.3) is 0 Å². The zero-order chi connectivity index (χ0) is 20.4. The number of benzene rings is 1. The van der Waals surface area contributed by atoms with Gasteiger partial charge in [-0.05, 0) is 44.0 Å². The number of anilines is 1. The number of nitrogens with zero attached hydrogens (tertiary/aromatic N) is 2. The summed E-state index contributed by atoms with van der Waals surface area (Å²) in [5.74, 6) is 2.18. The number of likely N-dealkylation sites (tertiary alicyclic amines) is 1. The number of para-hydroxylation sites is 2. The van der Waals surface area contributed by atoms with Gasteiger partial charge in [0.1, 0.15) is 23.8 Å². The van der Waals surface area contributed by atoms with Crippen LogP contribution in [0.3, 0.4) is 0 Å². The van der Waals surface area contributed by atoms with Crippen molar-refractivity contribution >= 4 is 17.5 Å². The van der Waals surface area contributed by atoms with Crippen molar-refractivity contribution in [1.29, 1.82) is 0 Å². The lowest BCUT2D eigenvalue weighted by Gasteiger charge is -2.35. The van der Waals surface area contributed by atoms with Crippen molar-refractivity contribution in [2.45, 2.75) is 58.1 Å². The molecule has 0 bridgehead atoms. The van der Waals surface area contributed by atoms with Gasteiger partial charge in [-0.3, -0.25) is 14.5 Å². The minimum Gasteiger partial charge on any atom is -0.479 e. The molecule has 6 nitrogen and oxygen atoms in total. The number of carbonyl (C=O) groups is 2. The van der Waals surface area contributed by atoms with Crippen molar-refractivity contribution < 1.29 is 18.7 Å². The first-order valence-corrected chi connectivity index (χ1v) is 10.5. The lowest BCUT2D eigenvalue weighted by atomic mass is 10.1. The van der Waals surface area contributed by atoms with Crippen LogP contribution in [0.15, 0.2) is 40.8 Å². The van der Waals surface area contributed by atoms with Gasteiger partial charge in [0.25, 0.3) is 5.91 Å². The molecule has 1 aromatic carbocycles. The highest BCUT2D eigenvalue weighted by atomic mass is 16.5. The van der Waals surface area contributed by atoms with Gasteiger partial charge in [0.05, 0.1) is 11.7 Å². The average molecular weight is 396 g/mol. The predicted octanol–water partition coefficient (Wildman–Crippen LogP) is 4.10. The highest BCUT2D eigenvalue weighted by Crippen LogP contribution is 2.35. The van der Waals surface area contributed by atoms with Crippen LogP contribution >= 0.6 is 0 Å². The second-order valence-electron chi connectivity index (χ2n) is 7.76. The van der Waals surface area contributed by atoms with Gasteiger partial charge >= 0.3 is 0 Å². The van der Waals surface area contributed by atoms with Crippen molar-refractivity contribution in [3.05, 3.63) is 47.9 Å².